The molecular weight excluding hydrogens is 382 g/mol. The zero-order valence-electron chi connectivity index (χ0n) is 17.6. The number of aryl methyl sites for hydroxylation is 1. The van der Waals surface area contributed by atoms with Crippen LogP contribution in [0.1, 0.15) is 48.7 Å². The van der Waals surface area contributed by atoms with Crippen molar-refractivity contribution in [3.8, 4) is 11.1 Å². The van der Waals surface area contributed by atoms with Crippen LogP contribution in [-0.2, 0) is 6.42 Å². The summed E-state index contributed by atoms with van der Waals surface area (Å²) in [7, 11) is 0. The third kappa shape index (κ3) is 3.24. The van der Waals surface area contributed by atoms with E-state index in [4.69, 9.17) is 4.42 Å². The Morgan fingerprint density at radius 3 is 2.77 bits per heavy atom. The molecule has 0 bridgehead atoms. The van der Waals surface area contributed by atoms with E-state index in [9.17, 15) is 0 Å². The van der Waals surface area contributed by atoms with Gasteiger partial charge in [0.2, 0.25) is 0 Å². The molecule has 0 fully saturated rings. The Labute approximate surface area is 181 Å². The zero-order valence-corrected chi connectivity index (χ0v) is 17.6. The Kier molecular flexibility index (Phi) is 4.39. The van der Waals surface area contributed by atoms with E-state index in [0.717, 1.165) is 23.9 Å². The van der Waals surface area contributed by atoms with Crippen LogP contribution < -0.4 is 5.32 Å². The molecule has 0 saturated heterocycles. The van der Waals surface area contributed by atoms with Gasteiger partial charge in [0.15, 0.2) is 12.0 Å². The van der Waals surface area contributed by atoms with E-state index in [1.807, 2.05) is 6.07 Å². The minimum Gasteiger partial charge on any atom is -0.443 e. The molecule has 0 radical (unpaired) electrons. The minimum atomic E-state index is 0.313. The van der Waals surface area contributed by atoms with Crippen LogP contribution in [0.15, 0.2) is 77.5 Å². The Balaban J connectivity index is 1.36. The highest BCUT2D eigenvalue weighted by atomic mass is 16.3. The number of nitrogens with one attached hydrogen (secondary N) is 2. The maximum absolute atomic E-state index is 5.39. The predicted octanol–water partition coefficient (Wildman–Crippen LogP) is 6.70. The topological polar surface area (TPSA) is 53.9 Å². The Hall–Kier alpha value is -3.37. The number of fused-ring (bicyclic) bond motifs is 4. The summed E-state index contributed by atoms with van der Waals surface area (Å²) in [4.78, 5) is 8.05. The van der Waals surface area contributed by atoms with Crippen molar-refractivity contribution in [2.75, 3.05) is 0 Å². The summed E-state index contributed by atoms with van der Waals surface area (Å²) < 4.78 is 5.39. The fourth-order valence-corrected chi connectivity index (χ4v) is 4.99. The minimum absolute atomic E-state index is 0.313. The summed E-state index contributed by atoms with van der Waals surface area (Å²) in [6, 6.07) is 24.3. The third-order valence-electron chi connectivity index (χ3n) is 6.62. The lowest BCUT2D eigenvalue weighted by Gasteiger charge is -2.27. The number of hydrogen-bond acceptors (Lipinski definition) is 3. The Morgan fingerprint density at radius 2 is 1.87 bits per heavy atom. The van der Waals surface area contributed by atoms with E-state index in [1.54, 1.807) is 0 Å². The van der Waals surface area contributed by atoms with Gasteiger partial charge in [0, 0.05) is 28.7 Å². The molecule has 4 nitrogen and oxygen atoms in total. The Bertz CT molecular complexity index is 1370. The smallest absolute Gasteiger partial charge is 0.181 e. The van der Waals surface area contributed by atoms with Crippen LogP contribution in [0.25, 0.3) is 33.1 Å². The number of H-pyrrole nitrogens is 1. The second-order valence-corrected chi connectivity index (χ2v) is 8.56. The first-order valence-electron chi connectivity index (χ1n) is 11.1. The molecule has 154 valence electrons. The van der Waals surface area contributed by atoms with Gasteiger partial charge in [-0.25, -0.2) is 4.98 Å². The number of nitrogens with zero attached hydrogens (tertiary/aromatic N) is 1. The van der Waals surface area contributed by atoms with E-state index < -0.39 is 0 Å². The van der Waals surface area contributed by atoms with Crippen LogP contribution in [0.3, 0.4) is 0 Å². The molecule has 2 unspecified atom stereocenters. The van der Waals surface area contributed by atoms with Crippen LogP contribution in [0.5, 0.6) is 0 Å². The first-order chi connectivity index (χ1) is 15.3. The molecule has 1 aliphatic carbocycles. The van der Waals surface area contributed by atoms with Crippen LogP contribution >= 0.6 is 0 Å². The average Bonchev–Trinajstić information content (AvgIpc) is 3.43. The first-order valence-corrected chi connectivity index (χ1v) is 11.1. The van der Waals surface area contributed by atoms with Crippen molar-refractivity contribution < 1.29 is 4.42 Å². The van der Waals surface area contributed by atoms with E-state index in [-0.39, 0.29) is 0 Å². The summed E-state index contributed by atoms with van der Waals surface area (Å²) in [5.74, 6) is 0. The maximum Gasteiger partial charge on any atom is 0.181 e. The van der Waals surface area contributed by atoms with Gasteiger partial charge in [0.05, 0.1) is 0 Å². The number of oxazole rings is 1. The number of aromatic nitrogens is 2. The number of hydrogen-bond donors (Lipinski definition) is 2. The van der Waals surface area contributed by atoms with Gasteiger partial charge < -0.3 is 14.7 Å². The van der Waals surface area contributed by atoms with Crippen LogP contribution in [0, 0.1) is 0 Å². The van der Waals surface area contributed by atoms with Gasteiger partial charge in [0.1, 0.15) is 5.52 Å². The molecule has 2 N–H and O–H groups in total. The second-order valence-electron chi connectivity index (χ2n) is 8.56. The monoisotopic (exact) mass is 407 g/mol. The first kappa shape index (κ1) is 18.4. The lowest BCUT2D eigenvalue weighted by Crippen LogP contribution is -2.27. The highest BCUT2D eigenvalue weighted by Crippen LogP contribution is 2.37. The molecule has 3 aromatic carbocycles. The number of aromatic amines is 1. The molecule has 0 amide bonds. The summed E-state index contributed by atoms with van der Waals surface area (Å²) in [5.41, 5.74) is 9.47. The highest BCUT2D eigenvalue weighted by Gasteiger charge is 2.25. The molecule has 1 aliphatic rings. The van der Waals surface area contributed by atoms with Crippen molar-refractivity contribution >= 4 is 22.0 Å². The van der Waals surface area contributed by atoms with Gasteiger partial charge in [0.25, 0.3) is 0 Å². The van der Waals surface area contributed by atoms with Gasteiger partial charge in [-0.3, -0.25) is 0 Å². The largest absolute Gasteiger partial charge is 0.443 e. The Morgan fingerprint density at radius 1 is 1.03 bits per heavy atom. The van der Waals surface area contributed by atoms with Crippen LogP contribution in [0.4, 0.5) is 0 Å². The quantitative estimate of drug-likeness (QED) is 0.348. The van der Waals surface area contributed by atoms with Crippen molar-refractivity contribution in [2.45, 2.75) is 38.3 Å². The lowest BCUT2D eigenvalue weighted by molar-refractivity contribution is 0.410. The molecule has 31 heavy (non-hydrogen) atoms. The normalized spacial score (nSPS) is 17.1. The standard InChI is InChI=1S/C27H25N3O/c1-17(18-6-3-2-4-7-18)29-24-9-5-8-21-22-14-19(10-12-23(22)30-27(21)24)20-11-13-26-25(15-20)28-16-31-26/h2-4,6-7,10-17,24,29-30H,5,8-9H2,1H3. The molecule has 0 aliphatic heterocycles. The van der Waals surface area contributed by atoms with Gasteiger partial charge >= 0.3 is 0 Å². The molecule has 2 aromatic heterocycles. The van der Waals surface area contributed by atoms with E-state index >= 15 is 0 Å². The predicted molar refractivity (Wildman–Crippen MR) is 125 cm³/mol. The summed E-state index contributed by atoms with van der Waals surface area (Å²) in [6.45, 7) is 2.25. The molecule has 2 atom stereocenters. The second kappa shape index (κ2) is 7.40. The zero-order chi connectivity index (χ0) is 20.8. The fourth-order valence-electron chi connectivity index (χ4n) is 4.99. The van der Waals surface area contributed by atoms with E-state index in [0.29, 0.717) is 12.1 Å². The summed E-state index contributed by atoms with van der Waals surface area (Å²) in [6.07, 6.45) is 4.99. The van der Waals surface area contributed by atoms with Crippen LogP contribution in [-0.4, -0.2) is 9.97 Å². The molecule has 6 rings (SSSR count). The molecule has 4 heteroatoms. The molecule has 2 heterocycles. The molecule has 0 saturated carbocycles. The fraction of sp³-hybridized carbons (Fsp3) is 0.222. The highest BCUT2D eigenvalue weighted by molar-refractivity contribution is 5.90. The lowest BCUT2D eigenvalue weighted by atomic mass is 9.90. The third-order valence-corrected chi connectivity index (χ3v) is 6.62. The van der Waals surface area contributed by atoms with Crippen LogP contribution in [0.2, 0.25) is 0 Å². The summed E-state index contributed by atoms with van der Waals surface area (Å²) >= 11 is 0. The van der Waals surface area contributed by atoms with Crippen molar-refractivity contribution in [2.24, 2.45) is 0 Å². The van der Waals surface area contributed by atoms with Crippen molar-refractivity contribution in [1.29, 1.82) is 0 Å². The average molecular weight is 408 g/mol. The van der Waals surface area contributed by atoms with Crippen molar-refractivity contribution in [3.63, 3.8) is 0 Å². The molecule has 0 spiro atoms. The number of benzene rings is 3. The van der Waals surface area contributed by atoms with E-state index in [1.165, 1.54) is 51.7 Å². The molecular formula is C27H25N3O. The van der Waals surface area contributed by atoms with Gasteiger partial charge in [-0.15, -0.1) is 0 Å². The SMILES string of the molecule is CC(NC1CCCc2c1[nH]c1ccc(-c3ccc4ocnc4c3)cc21)c1ccccc1. The van der Waals surface area contributed by atoms with Gasteiger partial charge in [-0.1, -0.05) is 42.5 Å². The van der Waals surface area contributed by atoms with Gasteiger partial charge in [-0.2, -0.15) is 0 Å². The number of rotatable bonds is 4. The molecule has 5 aromatic rings. The van der Waals surface area contributed by atoms with Crippen molar-refractivity contribution in [3.05, 3.63) is 89.9 Å². The van der Waals surface area contributed by atoms with E-state index in [2.05, 4.69) is 82.9 Å². The van der Waals surface area contributed by atoms with Gasteiger partial charge in [-0.05, 0) is 72.7 Å². The maximum atomic E-state index is 5.39. The van der Waals surface area contributed by atoms with Crippen molar-refractivity contribution in [1.82, 2.24) is 15.3 Å². The summed E-state index contributed by atoms with van der Waals surface area (Å²) in [5, 5.41) is 5.21.